The second kappa shape index (κ2) is 4.91. The molecule has 1 aliphatic heterocycles. The minimum atomic E-state index is 0.478. The Kier molecular flexibility index (Phi) is 3.30. The molecular weight excluding hydrogens is 234 g/mol. The van der Waals surface area contributed by atoms with Crippen LogP contribution >= 0.6 is 11.6 Å². The lowest BCUT2D eigenvalue weighted by Crippen LogP contribution is -2.34. The molecule has 2 unspecified atom stereocenters. The molecule has 1 aromatic rings. The van der Waals surface area contributed by atoms with Gasteiger partial charge in [-0.25, -0.2) is 4.98 Å². The third-order valence-corrected chi connectivity index (χ3v) is 4.36. The van der Waals surface area contributed by atoms with Crippen molar-refractivity contribution >= 4 is 11.6 Å². The van der Waals surface area contributed by atoms with E-state index >= 15 is 0 Å². The molecule has 0 amide bonds. The minimum absolute atomic E-state index is 0.478. The summed E-state index contributed by atoms with van der Waals surface area (Å²) in [5.41, 5.74) is 1.04. The Bertz CT molecular complexity index is 379. The largest absolute Gasteiger partial charge is 0.294 e. The second-order valence-electron chi connectivity index (χ2n) is 5.20. The molecule has 2 aliphatic rings. The van der Waals surface area contributed by atoms with Gasteiger partial charge in [0.25, 0.3) is 0 Å². The molecule has 0 aromatic carbocycles. The number of likely N-dealkylation sites (tertiary alicyclic amines) is 1. The molecule has 2 heterocycles. The lowest BCUT2D eigenvalue weighted by atomic mass is 9.85. The Morgan fingerprint density at radius 1 is 1.18 bits per heavy atom. The predicted molar refractivity (Wildman–Crippen MR) is 67.8 cm³/mol. The molecule has 2 fully saturated rings. The van der Waals surface area contributed by atoms with E-state index < -0.39 is 0 Å². The summed E-state index contributed by atoms with van der Waals surface area (Å²) in [6.45, 7) is 2.16. The Morgan fingerprint density at radius 2 is 2.06 bits per heavy atom. The maximum atomic E-state index is 5.75. The van der Waals surface area contributed by atoms with E-state index in [9.17, 15) is 0 Å². The molecule has 4 heteroatoms. The van der Waals surface area contributed by atoms with Crippen molar-refractivity contribution in [3.05, 3.63) is 23.2 Å². The molecule has 1 saturated carbocycles. The van der Waals surface area contributed by atoms with Gasteiger partial charge in [-0.1, -0.05) is 24.4 Å². The molecule has 1 aromatic heterocycles. The Hall–Kier alpha value is -0.670. The van der Waals surface area contributed by atoms with Crippen molar-refractivity contribution < 1.29 is 0 Å². The Balaban J connectivity index is 1.67. The van der Waals surface area contributed by atoms with E-state index in [-0.39, 0.29) is 0 Å². The van der Waals surface area contributed by atoms with E-state index in [0.29, 0.717) is 5.15 Å². The zero-order valence-electron chi connectivity index (χ0n) is 9.98. The van der Waals surface area contributed by atoms with Crippen LogP contribution in [0.2, 0.25) is 5.15 Å². The van der Waals surface area contributed by atoms with Gasteiger partial charge in [-0.15, -0.1) is 0 Å². The van der Waals surface area contributed by atoms with E-state index in [1.54, 1.807) is 12.4 Å². The highest BCUT2D eigenvalue weighted by Gasteiger charge is 2.35. The quantitative estimate of drug-likeness (QED) is 0.809. The summed E-state index contributed by atoms with van der Waals surface area (Å²) in [7, 11) is 0. The van der Waals surface area contributed by atoms with Gasteiger partial charge in [0.15, 0.2) is 0 Å². The summed E-state index contributed by atoms with van der Waals surface area (Å²) in [6.07, 6.45) is 10.4. The Labute approximate surface area is 107 Å². The molecule has 0 spiro atoms. The van der Waals surface area contributed by atoms with Gasteiger partial charge in [0, 0.05) is 12.6 Å². The smallest absolute Gasteiger partial charge is 0.147 e. The lowest BCUT2D eigenvalue weighted by Gasteiger charge is -2.31. The maximum absolute atomic E-state index is 5.75. The van der Waals surface area contributed by atoms with Gasteiger partial charge in [-0.2, -0.15) is 0 Å². The van der Waals surface area contributed by atoms with Gasteiger partial charge in [0.1, 0.15) is 5.15 Å². The van der Waals surface area contributed by atoms with Crippen LogP contribution in [-0.2, 0) is 6.54 Å². The van der Waals surface area contributed by atoms with Gasteiger partial charge >= 0.3 is 0 Å². The van der Waals surface area contributed by atoms with Crippen molar-refractivity contribution in [1.82, 2.24) is 14.9 Å². The number of hydrogen-bond donors (Lipinski definition) is 0. The van der Waals surface area contributed by atoms with Gasteiger partial charge in [-0.3, -0.25) is 9.88 Å². The van der Waals surface area contributed by atoms with Crippen LogP contribution in [0.25, 0.3) is 0 Å². The number of halogens is 1. The molecule has 1 aliphatic carbocycles. The summed E-state index contributed by atoms with van der Waals surface area (Å²) in [4.78, 5) is 11.0. The van der Waals surface area contributed by atoms with E-state index in [4.69, 9.17) is 11.6 Å². The Morgan fingerprint density at radius 3 is 2.88 bits per heavy atom. The monoisotopic (exact) mass is 251 g/mol. The van der Waals surface area contributed by atoms with Crippen molar-refractivity contribution in [3.63, 3.8) is 0 Å². The van der Waals surface area contributed by atoms with Gasteiger partial charge in [0.2, 0.25) is 0 Å². The van der Waals surface area contributed by atoms with Crippen LogP contribution in [0.5, 0.6) is 0 Å². The molecule has 3 nitrogen and oxygen atoms in total. The highest BCUT2D eigenvalue weighted by atomic mass is 35.5. The molecule has 0 N–H and O–H groups in total. The summed E-state index contributed by atoms with van der Waals surface area (Å²) in [6, 6.07) is 0.793. The number of aromatic nitrogens is 2. The molecule has 0 bridgehead atoms. The van der Waals surface area contributed by atoms with Crippen molar-refractivity contribution in [1.29, 1.82) is 0 Å². The topological polar surface area (TPSA) is 29.0 Å². The molecule has 2 atom stereocenters. The molecular formula is C13H18ClN3. The van der Waals surface area contributed by atoms with Crippen LogP contribution in [0.1, 0.15) is 37.8 Å². The fraction of sp³-hybridized carbons (Fsp3) is 0.692. The van der Waals surface area contributed by atoms with Crippen LogP contribution in [0.3, 0.4) is 0 Å². The van der Waals surface area contributed by atoms with Crippen LogP contribution in [0, 0.1) is 5.92 Å². The zero-order chi connectivity index (χ0) is 11.7. The van der Waals surface area contributed by atoms with E-state index in [2.05, 4.69) is 14.9 Å². The lowest BCUT2D eigenvalue weighted by molar-refractivity contribution is 0.174. The highest BCUT2D eigenvalue weighted by molar-refractivity contribution is 6.29. The fourth-order valence-electron chi connectivity index (χ4n) is 3.33. The number of rotatable bonds is 2. The minimum Gasteiger partial charge on any atom is -0.294 e. The van der Waals surface area contributed by atoms with Crippen LogP contribution in [-0.4, -0.2) is 27.5 Å². The highest BCUT2D eigenvalue weighted by Crippen LogP contribution is 2.36. The maximum Gasteiger partial charge on any atom is 0.147 e. The molecule has 17 heavy (non-hydrogen) atoms. The second-order valence-corrected chi connectivity index (χ2v) is 5.59. The van der Waals surface area contributed by atoms with E-state index in [0.717, 1.165) is 24.2 Å². The van der Waals surface area contributed by atoms with Crippen molar-refractivity contribution in [2.24, 2.45) is 5.92 Å². The summed E-state index contributed by atoms with van der Waals surface area (Å²) in [5.74, 6) is 0.934. The van der Waals surface area contributed by atoms with Crippen LogP contribution in [0.4, 0.5) is 0 Å². The molecule has 0 radical (unpaired) electrons. The van der Waals surface area contributed by atoms with Crippen molar-refractivity contribution in [2.75, 3.05) is 6.54 Å². The average Bonchev–Trinajstić information content (AvgIpc) is 2.76. The first-order valence-electron chi connectivity index (χ1n) is 6.53. The van der Waals surface area contributed by atoms with Gasteiger partial charge < -0.3 is 0 Å². The third-order valence-electron chi connectivity index (χ3n) is 4.16. The molecule has 92 valence electrons. The average molecular weight is 252 g/mol. The summed E-state index contributed by atoms with van der Waals surface area (Å²) in [5, 5.41) is 0.478. The van der Waals surface area contributed by atoms with Gasteiger partial charge in [-0.05, 0) is 31.7 Å². The van der Waals surface area contributed by atoms with E-state index in [1.165, 1.54) is 38.6 Å². The third kappa shape index (κ3) is 2.45. The summed E-state index contributed by atoms with van der Waals surface area (Å²) < 4.78 is 0. The van der Waals surface area contributed by atoms with E-state index in [1.807, 2.05) is 0 Å². The van der Waals surface area contributed by atoms with Crippen molar-refractivity contribution in [2.45, 2.75) is 44.7 Å². The number of hydrogen-bond acceptors (Lipinski definition) is 3. The normalized spacial score (nSPS) is 29.2. The zero-order valence-corrected chi connectivity index (χ0v) is 10.7. The summed E-state index contributed by atoms with van der Waals surface area (Å²) >= 11 is 5.75. The standard InChI is InChI=1S/C13H18ClN3/c14-13-8-15-11(7-16-13)9-17-6-5-10-3-1-2-4-12(10)17/h7-8,10,12H,1-6,9H2. The first kappa shape index (κ1) is 11.4. The van der Waals surface area contributed by atoms with Crippen LogP contribution < -0.4 is 0 Å². The predicted octanol–water partition coefficient (Wildman–Crippen LogP) is 2.89. The fourth-order valence-corrected chi connectivity index (χ4v) is 3.43. The first-order valence-corrected chi connectivity index (χ1v) is 6.91. The number of fused-ring (bicyclic) bond motifs is 1. The van der Waals surface area contributed by atoms with Crippen LogP contribution in [0.15, 0.2) is 12.4 Å². The first-order chi connectivity index (χ1) is 8.33. The molecule has 3 rings (SSSR count). The van der Waals surface area contributed by atoms with Crippen molar-refractivity contribution in [3.8, 4) is 0 Å². The van der Waals surface area contributed by atoms with Gasteiger partial charge in [0.05, 0.1) is 18.1 Å². The SMILES string of the molecule is Clc1cnc(CN2CCC3CCCCC32)cn1. The molecule has 1 saturated heterocycles. The number of nitrogens with zero attached hydrogens (tertiary/aromatic N) is 3.